The molecule has 4 aromatic rings. The van der Waals surface area contributed by atoms with Crippen molar-refractivity contribution in [1.82, 2.24) is 4.90 Å². The van der Waals surface area contributed by atoms with Gasteiger partial charge in [-0.1, -0.05) is 48.5 Å². The molecule has 1 aromatic heterocycles. The quantitative estimate of drug-likeness (QED) is 0.265. The number of benzene rings is 3. The van der Waals surface area contributed by atoms with E-state index in [0.29, 0.717) is 23.7 Å². The van der Waals surface area contributed by atoms with Gasteiger partial charge in [-0.05, 0) is 35.7 Å². The van der Waals surface area contributed by atoms with Gasteiger partial charge in [0, 0.05) is 55.9 Å². The molecular weight excluding hydrogens is 440 g/mol. The maximum absolute atomic E-state index is 12.2. The molecule has 1 aliphatic rings. The molecule has 0 unspecified atom stereocenters. The summed E-state index contributed by atoms with van der Waals surface area (Å²) >= 11 is 0. The molecule has 0 spiro atoms. The molecule has 3 aromatic carbocycles. The second-order valence-electron chi connectivity index (χ2n) is 8.71. The average Bonchev–Trinajstić information content (AvgIpc) is 2.91. The largest absolute Gasteiger partial charge is 0.493 e. The highest BCUT2D eigenvalue weighted by molar-refractivity contribution is 5.95. The zero-order chi connectivity index (χ0) is 24.0. The Morgan fingerprint density at radius 2 is 1.57 bits per heavy atom. The molecule has 35 heavy (non-hydrogen) atoms. The highest BCUT2D eigenvalue weighted by atomic mass is 16.5. The Balaban J connectivity index is 1.23. The Hall–Kier alpha value is -3.77. The summed E-state index contributed by atoms with van der Waals surface area (Å²) in [5.74, 6) is 1.21. The van der Waals surface area contributed by atoms with Gasteiger partial charge < -0.3 is 18.8 Å². The molecule has 2 heterocycles. The zero-order valence-corrected chi connectivity index (χ0v) is 20.0. The summed E-state index contributed by atoms with van der Waals surface area (Å²) in [4.78, 5) is 17.1. The lowest BCUT2D eigenvalue weighted by Crippen LogP contribution is -2.46. The molecule has 0 amide bonds. The maximum atomic E-state index is 12.2. The second-order valence-corrected chi connectivity index (χ2v) is 8.71. The first-order chi connectivity index (χ1) is 17.2. The molecule has 1 aliphatic heterocycles. The molecule has 180 valence electrons. The topological polar surface area (TPSA) is 55.2 Å². The Bertz CT molecular complexity index is 1310. The minimum atomic E-state index is -0.389. The van der Waals surface area contributed by atoms with Crippen LogP contribution in [0.25, 0.3) is 22.1 Å². The number of fused-ring (bicyclic) bond motifs is 1. The molecule has 0 radical (unpaired) electrons. The van der Waals surface area contributed by atoms with E-state index in [4.69, 9.17) is 13.9 Å². The van der Waals surface area contributed by atoms with Crippen LogP contribution in [-0.4, -0.2) is 51.3 Å². The van der Waals surface area contributed by atoms with Crippen LogP contribution in [0.15, 0.2) is 88.1 Å². The van der Waals surface area contributed by atoms with Crippen molar-refractivity contribution in [2.45, 2.75) is 6.42 Å². The zero-order valence-electron chi connectivity index (χ0n) is 20.0. The Morgan fingerprint density at radius 1 is 0.857 bits per heavy atom. The van der Waals surface area contributed by atoms with E-state index in [1.54, 1.807) is 13.2 Å². The lowest BCUT2D eigenvalue weighted by molar-refractivity contribution is 0.221. The van der Waals surface area contributed by atoms with Gasteiger partial charge in [0.2, 0.25) is 0 Å². The first-order valence-corrected chi connectivity index (χ1v) is 12.1. The third-order valence-electron chi connectivity index (χ3n) is 6.48. The van der Waals surface area contributed by atoms with Crippen molar-refractivity contribution in [3.05, 3.63) is 89.3 Å². The van der Waals surface area contributed by atoms with E-state index < -0.39 is 0 Å². The highest BCUT2D eigenvalue weighted by Crippen LogP contribution is 2.36. The number of hydrogen-bond acceptors (Lipinski definition) is 6. The molecule has 5 rings (SSSR count). The molecule has 0 N–H and O–H groups in total. The molecule has 6 nitrogen and oxygen atoms in total. The highest BCUT2D eigenvalue weighted by Gasteiger charge is 2.17. The summed E-state index contributed by atoms with van der Waals surface area (Å²) in [5.41, 5.74) is 3.16. The minimum Gasteiger partial charge on any atom is -0.493 e. The van der Waals surface area contributed by atoms with Crippen LogP contribution in [-0.2, 0) is 0 Å². The van der Waals surface area contributed by atoms with Gasteiger partial charge in [0.15, 0.2) is 11.5 Å². The predicted octanol–water partition coefficient (Wildman–Crippen LogP) is 5.06. The van der Waals surface area contributed by atoms with Gasteiger partial charge in [-0.3, -0.25) is 4.90 Å². The van der Waals surface area contributed by atoms with Crippen LogP contribution in [0.1, 0.15) is 6.42 Å². The van der Waals surface area contributed by atoms with Crippen LogP contribution in [0.5, 0.6) is 11.5 Å². The Kier molecular flexibility index (Phi) is 7.00. The van der Waals surface area contributed by atoms with Crippen molar-refractivity contribution in [3.8, 4) is 22.6 Å². The second kappa shape index (κ2) is 10.7. The molecule has 0 bridgehead atoms. The first kappa shape index (κ1) is 23.0. The van der Waals surface area contributed by atoms with E-state index in [1.165, 1.54) is 11.8 Å². The fraction of sp³-hybridized carbons (Fsp3) is 0.276. The average molecular weight is 471 g/mol. The van der Waals surface area contributed by atoms with Gasteiger partial charge >= 0.3 is 5.63 Å². The van der Waals surface area contributed by atoms with Crippen molar-refractivity contribution in [2.75, 3.05) is 51.3 Å². The van der Waals surface area contributed by atoms with Gasteiger partial charge in [0.05, 0.1) is 13.7 Å². The summed E-state index contributed by atoms with van der Waals surface area (Å²) in [6.45, 7) is 5.75. The van der Waals surface area contributed by atoms with E-state index in [2.05, 4.69) is 40.1 Å². The van der Waals surface area contributed by atoms with Crippen LogP contribution in [0.2, 0.25) is 0 Å². The monoisotopic (exact) mass is 470 g/mol. The van der Waals surface area contributed by atoms with Crippen LogP contribution in [0.3, 0.4) is 0 Å². The number of nitrogens with zero attached hydrogens (tertiary/aromatic N) is 2. The molecule has 1 saturated heterocycles. The lowest BCUT2D eigenvalue weighted by atomic mass is 10.0. The summed E-state index contributed by atoms with van der Waals surface area (Å²) in [7, 11) is 1.60. The van der Waals surface area contributed by atoms with Crippen LogP contribution in [0.4, 0.5) is 5.69 Å². The lowest BCUT2D eigenvalue weighted by Gasteiger charge is -2.36. The van der Waals surface area contributed by atoms with E-state index in [-0.39, 0.29) is 5.63 Å². The van der Waals surface area contributed by atoms with E-state index in [1.807, 2.05) is 36.4 Å². The van der Waals surface area contributed by atoms with E-state index >= 15 is 0 Å². The first-order valence-electron chi connectivity index (χ1n) is 12.1. The number of piperazine rings is 1. The SMILES string of the molecule is COc1cc2oc(=O)cc(-c3ccccc3)c2cc1OCCCN1CCN(c2ccccc2)CC1. The van der Waals surface area contributed by atoms with Gasteiger partial charge in [-0.2, -0.15) is 0 Å². The number of anilines is 1. The van der Waals surface area contributed by atoms with Crippen molar-refractivity contribution >= 4 is 16.7 Å². The van der Waals surface area contributed by atoms with Crippen molar-refractivity contribution in [1.29, 1.82) is 0 Å². The van der Waals surface area contributed by atoms with Crippen LogP contribution in [0, 0.1) is 0 Å². The Morgan fingerprint density at radius 3 is 2.29 bits per heavy atom. The van der Waals surface area contributed by atoms with E-state index in [9.17, 15) is 4.79 Å². The third kappa shape index (κ3) is 5.33. The third-order valence-corrected chi connectivity index (χ3v) is 6.48. The summed E-state index contributed by atoms with van der Waals surface area (Å²) in [6, 6.07) is 25.6. The van der Waals surface area contributed by atoms with Gasteiger partial charge in [-0.15, -0.1) is 0 Å². The molecule has 6 heteroatoms. The number of hydrogen-bond donors (Lipinski definition) is 0. The number of ether oxygens (including phenoxy) is 2. The Labute approximate surface area is 205 Å². The number of rotatable bonds is 8. The van der Waals surface area contributed by atoms with Crippen molar-refractivity contribution < 1.29 is 13.9 Å². The molecule has 0 atom stereocenters. The van der Waals surface area contributed by atoms with Gasteiger partial charge in [0.25, 0.3) is 0 Å². The molecule has 1 fully saturated rings. The van der Waals surface area contributed by atoms with Gasteiger partial charge in [-0.25, -0.2) is 4.79 Å². The standard InChI is InChI=1S/C29H30N2O4/c1-33-27-21-26-25(24(20-29(32)35-26)22-9-4-2-5-10-22)19-28(27)34-18-8-13-30-14-16-31(17-15-30)23-11-6-3-7-12-23/h2-7,9-12,19-21H,8,13-18H2,1H3. The van der Waals surface area contributed by atoms with Gasteiger partial charge in [0.1, 0.15) is 5.58 Å². The number of methoxy groups -OCH3 is 1. The van der Waals surface area contributed by atoms with E-state index in [0.717, 1.165) is 55.7 Å². The van der Waals surface area contributed by atoms with Crippen molar-refractivity contribution in [3.63, 3.8) is 0 Å². The molecular formula is C29H30N2O4. The van der Waals surface area contributed by atoms with Crippen LogP contribution >= 0.6 is 0 Å². The summed E-state index contributed by atoms with van der Waals surface area (Å²) < 4.78 is 17.2. The van der Waals surface area contributed by atoms with Crippen molar-refractivity contribution in [2.24, 2.45) is 0 Å². The predicted molar refractivity (Wildman–Crippen MR) is 140 cm³/mol. The maximum Gasteiger partial charge on any atom is 0.336 e. The summed E-state index contributed by atoms with van der Waals surface area (Å²) in [6.07, 6.45) is 0.919. The summed E-state index contributed by atoms with van der Waals surface area (Å²) in [5, 5.41) is 0.823. The molecule has 0 saturated carbocycles. The normalized spacial score (nSPS) is 14.3. The number of para-hydroxylation sites is 1. The smallest absolute Gasteiger partial charge is 0.336 e. The van der Waals surface area contributed by atoms with Crippen LogP contribution < -0.4 is 20.0 Å². The minimum absolute atomic E-state index is 0.389. The molecule has 0 aliphatic carbocycles. The fourth-order valence-corrected chi connectivity index (χ4v) is 4.64. The fourth-order valence-electron chi connectivity index (χ4n) is 4.64.